The SMILES string of the molecule is CCCC(O)C(O)(O)C(O)(O)C(=O)[C@@H](O)[C@@H](O)[C@H](O)[C@@H](N)CO. The first kappa shape index (κ1) is 22.3. The molecule has 0 heterocycles. The maximum absolute atomic E-state index is 11.8. The van der Waals surface area contributed by atoms with Crippen molar-refractivity contribution in [1.29, 1.82) is 0 Å². The highest BCUT2D eigenvalue weighted by atomic mass is 16.6. The molecule has 11 nitrogen and oxygen atoms in total. The van der Waals surface area contributed by atoms with Crippen molar-refractivity contribution in [3.63, 3.8) is 0 Å². The van der Waals surface area contributed by atoms with Gasteiger partial charge in [-0.25, -0.2) is 0 Å². The fourth-order valence-corrected chi connectivity index (χ4v) is 1.80. The average molecular weight is 343 g/mol. The van der Waals surface area contributed by atoms with Crippen LogP contribution in [0.15, 0.2) is 0 Å². The molecule has 0 aliphatic carbocycles. The molecule has 23 heavy (non-hydrogen) atoms. The van der Waals surface area contributed by atoms with Crippen molar-refractivity contribution in [2.45, 2.75) is 61.8 Å². The Morgan fingerprint density at radius 3 is 1.91 bits per heavy atom. The largest absolute Gasteiger partial charge is 0.395 e. The van der Waals surface area contributed by atoms with Gasteiger partial charge in [-0.1, -0.05) is 13.3 Å². The zero-order valence-corrected chi connectivity index (χ0v) is 12.5. The highest BCUT2D eigenvalue weighted by molar-refractivity contribution is 5.90. The van der Waals surface area contributed by atoms with E-state index in [4.69, 9.17) is 10.8 Å². The van der Waals surface area contributed by atoms with E-state index >= 15 is 0 Å². The lowest BCUT2D eigenvalue weighted by molar-refractivity contribution is -0.368. The quantitative estimate of drug-likeness (QED) is 0.168. The molecule has 0 aliphatic heterocycles. The summed E-state index contributed by atoms with van der Waals surface area (Å²) in [6.07, 6.45) is -9.35. The minimum atomic E-state index is -4.05. The molecule has 138 valence electrons. The van der Waals surface area contributed by atoms with Gasteiger partial charge in [0, 0.05) is 0 Å². The van der Waals surface area contributed by atoms with Crippen LogP contribution in [-0.4, -0.2) is 100 Å². The van der Waals surface area contributed by atoms with Gasteiger partial charge in [0.15, 0.2) is 0 Å². The van der Waals surface area contributed by atoms with E-state index in [0.29, 0.717) is 0 Å². The van der Waals surface area contributed by atoms with Gasteiger partial charge >= 0.3 is 0 Å². The van der Waals surface area contributed by atoms with Crippen LogP contribution < -0.4 is 5.73 Å². The van der Waals surface area contributed by atoms with Gasteiger partial charge in [-0.2, -0.15) is 0 Å². The summed E-state index contributed by atoms with van der Waals surface area (Å²) >= 11 is 0. The molecule has 11 N–H and O–H groups in total. The van der Waals surface area contributed by atoms with Gasteiger partial charge in [0.1, 0.15) is 24.4 Å². The number of rotatable bonds is 10. The molecular formula is C12H25NO10. The predicted molar refractivity (Wildman–Crippen MR) is 73.3 cm³/mol. The molecular weight excluding hydrogens is 318 g/mol. The van der Waals surface area contributed by atoms with Crippen LogP contribution in [0.3, 0.4) is 0 Å². The lowest BCUT2D eigenvalue weighted by Crippen LogP contribution is -2.69. The molecule has 0 fully saturated rings. The molecule has 5 atom stereocenters. The first-order valence-electron chi connectivity index (χ1n) is 6.88. The molecule has 0 aromatic carbocycles. The molecule has 0 radical (unpaired) electrons. The van der Waals surface area contributed by atoms with Gasteiger partial charge in [-0.05, 0) is 6.42 Å². The van der Waals surface area contributed by atoms with E-state index in [9.17, 15) is 45.6 Å². The van der Waals surface area contributed by atoms with E-state index in [1.165, 1.54) is 6.92 Å². The molecule has 0 amide bonds. The van der Waals surface area contributed by atoms with Crippen LogP contribution >= 0.6 is 0 Å². The van der Waals surface area contributed by atoms with E-state index in [0.717, 1.165) is 0 Å². The summed E-state index contributed by atoms with van der Waals surface area (Å²) in [5.41, 5.74) is 5.19. The minimum absolute atomic E-state index is 0.198. The third kappa shape index (κ3) is 4.64. The fraction of sp³-hybridized carbons (Fsp3) is 0.917. The van der Waals surface area contributed by atoms with E-state index in [-0.39, 0.29) is 12.8 Å². The van der Waals surface area contributed by atoms with Gasteiger partial charge in [-0.15, -0.1) is 0 Å². The number of aliphatic hydroxyl groups is 9. The number of nitrogens with two attached hydrogens (primary N) is 1. The van der Waals surface area contributed by atoms with Gasteiger partial charge in [-0.3, -0.25) is 4.79 Å². The van der Waals surface area contributed by atoms with Crippen molar-refractivity contribution in [3.8, 4) is 0 Å². The Bertz CT molecular complexity index is 388. The Balaban J connectivity index is 5.31. The zero-order valence-electron chi connectivity index (χ0n) is 12.5. The lowest BCUT2D eigenvalue weighted by Gasteiger charge is -2.38. The smallest absolute Gasteiger partial charge is 0.285 e. The number of Topliss-reactive ketones (excluding diaryl/α,β-unsaturated/α-hetero) is 1. The van der Waals surface area contributed by atoms with Crippen molar-refractivity contribution in [1.82, 2.24) is 0 Å². The zero-order chi connectivity index (χ0) is 18.6. The lowest BCUT2D eigenvalue weighted by atomic mass is 9.88. The molecule has 0 aromatic rings. The van der Waals surface area contributed by atoms with Crippen LogP contribution in [0.2, 0.25) is 0 Å². The first-order valence-corrected chi connectivity index (χ1v) is 6.88. The summed E-state index contributed by atoms with van der Waals surface area (Å²) in [7, 11) is 0. The summed E-state index contributed by atoms with van der Waals surface area (Å²) in [4.78, 5) is 11.8. The maximum Gasteiger partial charge on any atom is 0.285 e. The van der Waals surface area contributed by atoms with Gasteiger partial charge < -0.3 is 51.7 Å². The summed E-state index contributed by atoms with van der Waals surface area (Å²) < 4.78 is 0. The Labute approximate surface area is 131 Å². The molecule has 0 bridgehead atoms. The highest BCUT2D eigenvalue weighted by Gasteiger charge is 2.59. The summed E-state index contributed by atoms with van der Waals surface area (Å²) in [6.45, 7) is 0.713. The second-order valence-electron chi connectivity index (χ2n) is 5.34. The molecule has 11 heteroatoms. The van der Waals surface area contributed by atoms with Crippen molar-refractivity contribution in [3.05, 3.63) is 0 Å². The van der Waals surface area contributed by atoms with E-state index in [1.807, 2.05) is 0 Å². The third-order valence-electron chi connectivity index (χ3n) is 3.47. The van der Waals surface area contributed by atoms with Crippen LogP contribution in [-0.2, 0) is 4.79 Å². The Morgan fingerprint density at radius 2 is 1.52 bits per heavy atom. The van der Waals surface area contributed by atoms with Crippen LogP contribution in [0.25, 0.3) is 0 Å². The minimum Gasteiger partial charge on any atom is -0.395 e. The molecule has 1 unspecified atom stereocenters. The normalized spacial score (nSPS) is 19.8. The van der Waals surface area contributed by atoms with Gasteiger partial charge in [0.2, 0.25) is 5.78 Å². The van der Waals surface area contributed by atoms with Crippen LogP contribution in [0, 0.1) is 0 Å². The van der Waals surface area contributed by atoms with Crippen molar-refractivity contribution >= 4 is 5.78 Å². The van der Waals surface area contributed by atoms with Crippen molar-refractivity contribution in [2.75, 3.05) is 6.61 Å². The highest BCUT2D eigenvalue weighted by Crippen LogP contribution is 2.27. The Kier molecular flexibility index (Phi) is 8.13. The Morgan fingerprint density at radius 1 is 1.04 bits per heavy atom. The maximum atomic E-state index is 11.8. The first-order chi connectivity index (χ1) is 10.4. The van der Waals surface area contributed by atoms with Gasteiger partial charge in [0.25, 0.3) is 11.6 Å². The van der Waals surface area contributed by atoms with Crippen LogP contribution in [0.1, 0.15) is 19.8 Å². The number of hydrogen-bond acceptors (Lipinski definition) is 11. The van der Waals surface area contributed by atoms with E-state index in [2.05, 4.69) is 0 Å². The molecule has 0 aromatic heterocycles. The van der Waals surface area contributed by atoms with Crippen LogP contribution in [0.4, 0.5) is 0 Å². The third-order valence-corrected chi connectivity index (χ3v) is 3.47. The molecule has 0 spiro atoms. The number of hydrogen-bond donors (Lipinski definition) is 10. The molecule has 0 saturated heterocycles. The van der Waals surface area contributed by atoms with Crippen LogP contribution in [0.5, 0.6) is 0 Å². The second kappa shape index (κ2) is 8.39. The Hall–Kier alpha value is -0.730. The predicted octanol–water partition coefficient (Wildman–Crippen LogP) is -5.52. The van der Waals surface area contributed by atoms with Crippen molar-refractivity contribution in [2.24, 2.45) is 5.73 Å². The average Bonchev–Trinajstić information content (AvgIpc) is 2.50. The molecule has 0 rings (SSSR count). The molecule has 0 saturated carbocycles. The summed E-state index contributed by atoms with van der Waals surface area (Å²) in [6, 6.07) is -1.46. The standard InChI is InChI=1S/C12H25NO10/c1-2-3-6(15)11(20,21)12(22,23)10(19)9(18)8(17)7(16)5(13)4-14/h5-9,14-18,20-23H,2-4,13H2,1H3/t5-,6?,7+,8-,9-/m0/s1. The fourth-order valence-electron chi connectivity index (χ4n) is 1.80. The number of carbonyl (C=O) groups is 1. The summed E-state index contributed by atoms with van der Waals surface area (Å²) in [5, 5.41) is 85.3. The number of aliphatic hydroxyl groups excluding tert-OH is 5. The van der Waals surface area contributed by atoms with Crippen molar-refractivity contribution < 1.29 is 50.8 Å². The number of ketones is 1. The topological polar surface area (TPSA) is 225 Å². The van der Waals surface area contributed by atoms with E-state index < -0.39 is 54.4 Å². The number of carbonyl (C=O) groups excluding carboxylic acids is 1. The van der Waals surface area contributed by atoms with Gasteiger partial charge in [0.05, 0.1) is 12.6 Å². The second-order valence-corrected chi connectivity index (χ2v) is 5.34. The molecule has 0 aliphatic rings. The monoisotopic (exact) mass is 343 g/mol. The summed E-state index contributed by atoms with van der Waals surface area (Å²) in [5.74, 6) is -9.88. The van der Waals surface area contributed by atoms with E-state index in [1.54, 1.807) is 0 Å².